The quantitative estimate of drug-likeness (QED) is 0.422. The second-order valence-corrected chi connectivity index (χ2v) is 7.58. The Morgan fingerprint density at radius 3 is 2.43 bits per heavy atom. The molecule has 142 valence electrons. The predicted molar refractivity (Wildman–Crippen MR) is 117 cm³/mol. The Hall–Kier alpha value is -2.76. The Morgan fingerprint density at radius 2 is 1.75 bits per heavy atom. The predicted octanol–water partition coefficient (Wildman–Crippen LogP) is 7.14. The van der Waals surface area contributed by atoms with Gasteiger partial charge in [-0.1, -0.05) is 53.9 Å². The molecule has 0 fully saturated rings. The molecule has 0 bridgehead atoms. The van der Waals surface area contributed by atoms with Crippen LogP contribution in [0.1, 0.15) is 30.9 Å². The number of hydrogen-bond acceptors (Lipinski definition) is 1. The summed E-state index contributed by atoms with van der Waals surface area (Å²) in [6.45, 7) is 2.07. The topological polar surface area (TPSA) is 12.0 Å². The summed E-state index contributed by atoms with van der Waals surface area (Å²) in [5, 5.41) is 3.84. The molecule has 0 radical (unpaired) electrons. The molecular weight excluding hydrogens is 369 g/mol. The lowest BCUT2D eigenvalue weighted by molar-refractivity contribution is 0.533. The maximum atomic E-state index is 14.2. The van der Waals surface area contributed by atoms with Crippen molar-refractivity contribution in [1.29, 1.82) is 0 Å². The third-order valence-corrected chi connectivity index (χ3v) is 5.28. The van der Waals surface area contributed by atoms with Crippen LogP contribution in [-0.2, 0) is 11.8 Å². The van der Waals surface area contributed by atoms with Gasteiger partial charge < -0.3 is 5.32 Å². The zero-order chi connectivity index (χ0) is 20.0. The minimum Gasteiger partial charge on any atom is -0.353 e. The first-order chi connectivity index (χ1) is 13.5. The van der Waals surface area contributed by atoms with Crippen LogP contribution >= 0.6 is 11.6 Å². The van der Waals surface area contributed by atoms with Crippen molar-refractivity contribution in [2.24, 2.45) is 0 Å². The van der Waals surface area contributed by atoms with Crippen molar-refractivity contribution < 1.29 is 4.39 Å². The highest BCUT2D eigenvalue weighted by Gasteiger charge is 2.23. The molecule has 3 rings (SSSR count). The average molecular weight is 392 g/mol. The highest BCUT2D eigenvalue weighted by molar-refractivity contribution is 6.30. The Bertz CT molecular complexity index is 960. The first-order valence-electron chi connectivity index (χ1n) is 9.34. The first-order valence-corrected chi connectivity index (χ1v) is 9.72. The SMILES string of the molecule is C#CC(C)(CCCc1ccc(F)c(Nc2ccccc2)c1)c1ccc(Cl)cc1. The van der Waals surface area contributed by atoms with E-state index in [-0.39, 0.29) is 11.2 Å². The van der Waals surface area contributed by atoms with Crippen LogP contribution in [0.4, 0.5) is 15.8 Å². The molecule has 1 atom stereocenters. The van der Waals surface area contributed by atoms with Gasteiger partial charge >= 0.3 is 0 Å². The minimum atomic E-state index is -0.351. The van der Waals surface area contributed by atoms with Gasteiger partial charge in [0.2, 0.25) is 0 Å². The number of rotatable bonds is 7. The second kappa shape index (κ2) is 8.95. The van der Waals surface area contributed by atoms with Crippen LogP contribution in [0.5, 0.6) is 0 Å². The normalized spacial score (nSPS) is 12.8. The summed E-state index contributed by atoms with van der Waals surface area (Å²) < 4.78 is 14.2. The number of aryl methyl sites for hydroxylation is 1. The molecule has 3 aromatic rings. The monoisotopic (exact) mass is 391 g/mol. The summed E-state index contributed by atoms with van der Waals surface area (Å²) in [4.78, 5) is 0. The molecule has 0 aliphatic rings. The van der Waals surface area contributed by atoms with E-state index in [0.717, 1.165) is 36.1 Å². The van der Waals surface area contributed by atoms with Crippen LogP contribution in [0.2, 0.25) is 5.02 Å². The van der Waals surface area contributed by atoms with Gasteiger partial charge in [-0.25, -0.2) is 4.39 Å². The minimum absolute atomic E-state index is 0.262. The van der Waals surface area contributed by atoms with Gasteiger partial charge in [-0.2, -0.15) is 0 Å². The van der Waals surface area contributed by atoms with E-state index in [9.17, 15) is 4.39 Å². The van der Waals surface area contributed by atoms with E-state index in [1.54, 1.807) is 0 Å². The smallest absolute Gasteiger partial charge is 0.146 e. The molecule has 0 saturated carbocycles. The molecule has 0 aliphatic carbocycles. The zero-order valence-electron chi connectivity index (χ0n) is 15.9. The van der Waals surface area contributed by atoms with Crippen LogP contribution in [0.15, 0.2) is 72.8 Å². The molecule has 1 nitrogen and oxygen atoms in total. The van der Waals surface area contributed by atoms with Gasteiger partial charge in [0, 0.05) is 10.7 Å². The van der Waals surface area contributed by atoms with E-state index in [4.69, 9.17) is 18.0 Å². The van der Waals surface area contributed by atoms with Crippen molar-refractivity contribution in [1.82, 2.24) is 0 Å². The van der Waals surface area contributed by atoms with E-state index in [1.807, 2.05) is 66.7 Å². The van der Waals surface area contributed by atoms with Crippen molar-refractivity contribution in [3.8, 4) is 12.3 Å². The lowest BCUT2D eigenvalue weighted by Gasteiger charge is -2.24. The number of benzene rings is 3. The number of anilines is 2. The highest BCUT2D eigenvalue weighted by Crippen LogP contribution is 2.30. The fourth-order valence-electron chi connectivity index (χ4n) is 3.26. The molecule has 0 aromatic heterocycles. The van der Waals surface area contributed by atoms with Crippen molar-refractivity contribution in [2.45, 2.75) is 31.6 Å². The van der Waals surface area contributed by atoms with Gasteiger partial charge in [0.15, 0.2) is 0 Å². The number of terminal acetylenes is 1. The molecule has 0 spiro atoms. The summed E-state index contributed by atoms with van der Waals surface area (Å²) in [5.74, 6) is 2.68. The van der Waals surface area contributed by atoms with Gasteiger partial charge in [-0.3, -0.25) is 0 Å². The first kappa shape index (κ1) is 20.0. The molecule has 28 heavy (non-hydrogen) atoms. The second-order valence-electron chi connectivity index (χ2n) is 7.14. The van der Waals surface area contributed by atoms with E-state index in [1.165, 1.54) is 6.07 Å². The van der Waals surface area contributed by atoms with Crippen LogP contribution in [0.3, 0.4) is 0 Å². The van der Waals surface area contributed by atoms with Crippen molar-refractivity contribution in [3.05, 3.63) is 94.8 Å². The zero-order valence-corrected chi connectivity index (χ0v) is 16.6. The fraction of sp³-hybridized carbons (Fsp3) is 0.200. The van der Waals surface area contributed by atoms with Crippen LogP contribution in [-0.4, -0.2) is 0 Å². The molecule has 0 heterocycles. The third kappa shape index (κ3) is 4.94. The summed E-state index contributed by atoms with van der Waals surface area (Å²) >= 11 is 5.99. The Labute approximate surface area is 171 Å². The third-order valence-electron chi connectivity index (χ3n) is 5.03. The molecule has 1 unspecified atom stereocenters. The molecular formula is C25H23ClFN. The fourth-order valence-corrected chi connectivity index (χ4v) is 3.39. The highest BCUT2D eigenvalue weighted by atomic mass is 35.5. The van der Waals surface area contributed by atoms with E-state index >= 15 is 0 Å². The standard InChI is InChI=1S/C25H23ClFN/c1-3-25(2,20-12-14-21(26)15-13-20)17-7-8-19-11-16-23(27)24(18-19)28-22-9-5-4-6-10-22/h1,4-6,9-16,18,28H,7-8,17H2,2H3. The molecule has 3 aromatic carbocycles. The summed E-state index contributed by atoms with van der Waals surface area (Å²) in [6, 6.07) is 22.5. The van der Waals surface area contributed by atoms with Crippen molar-refractivity contribution in [2.75, 3.05) is 5.32 Å². The van der Waals surface area contributed by atoms with Crippen LogP contribution in [0, 0.1) is 18.2 Å². The number of nitrogens with one attached hydrogen (secondary N) is 1. The van der Waals surface area contributed by atoms with E-state index in [0.29, 0.717) is 10.7 Å². The lowest BCUT2D eigenvalue weighted by atomic mass is 9.79. The molecule has 0 amide bonds. The Morgan fingerprint density at radius 1 is 1.04 bits per heavy atom. The Balaban J connectivity index is 1.66. The van der Waals surface area contributed by atoms with Crippen LogP contribution < -0.4 is 5.32 Å². The molecule has 0 aliphatic heterocycles. The van der Waals surface area contributed by atoms with Gasteiger partial charge in [-0.15, -0.1) is 6.42 Å². The lowest BCUT2D eigenvalue weighted by Crippen LogP contribution is -2.19. The number of para-hydroxylation sites is 1. The Kier molecular flexibility index (Phi) is 6.39. The van der Waals surface area contributed by atoms with Gasteiger partial charge in [0.05, 0.1) is 11.1 Å². The van der Waals surface area contributed by atoms with Crippen LogP contribution in [0.25, 0.3) is 0 Å². The van der Waals surface area contributed by atoms with Gasteiger partial charge in [-0.05, 0) is 73.7 Å². The average Bonchev–Trinajstić information content (AvgIpc) is 2.71. The number of hydrogen-bond donors (Lipinski definition) is 1. The summed E-state index contributed by atoms with van der Waals surface area (Å²) in [7, 11) is 0. The van der Waals surface area contributed by atoms with Gasteiger partial charge in [0.25, 0.3) is 0 Å². The maximum absolute atomic E-state index is 14.2. The number of halogens is 2. The van der Waals surface area contributed by atoms with Crippen molar-refractivity contribution in [3.63, 3.8) is 0 Å². The summed E-state index contributed by atoms with van der Waals surface area (Å²) in [5.41, 5.74) is 3.16. The molecule has 0 saturated heterocycles. The van der Waals surface area contributed by atoms with Gasteiger partial charge in [0.1, 0.15) is 5.82 Å². The molecule has 3 heteroatoms. The van der Waals surface area contributed by atoms with E-state index < -0.39 is 0 Å². The summed E-state index contributed by atoms with van der Waals surface area (Å²) in [6.07, 6.45) is 8.41. The largest absolute Gasteiger partial charge is 0.353 e. The maximum Gasteiger partial charge on any atom is 0.146 e. The molecule has 1 N–H and O–H groups in total. The van der Waals surface area contributed by atoms with E-state index in [2.05, 4.69) is 18.2 Å². The van der Waals surface area contributed by atoms with Crippen molar-refractivity contribution >= 4 is 23.0 Å².